The highest BCUT2D eigenvalue weighted by Gasteiger charge is 2.29. The number of halogens is 1. The normalized spacial score (nSPS) is 16.8. The number of ether oxygens (including phenoxy) is 1. The van der Waals surface area contributed by atoms with Gasteiger partial charge in [-0.2, -0.15) is 0 Å². The number of aromatic nitrogens is 1. The van der Waals surface area contributed by atoms with E-state index in [1.807, 2.05) is 27.0 Å². The largest absolute Gasteiger partial charge is 0.459 e. The Labute approximate surface area is 167 Å². The molecule has 0 N–H and O–H groups in total. The molecule has 27 heavy (non-hydrogen) atoms. The van der Waals surface area contributed by atoms with Crippen LogP contribution < -0.4 is 4.90 Å². The van der Waals surface area contributed by atoms with Gasteiger partial charge in [0.25, 0.3) is 0 Å². The quantitative estimate of drug-likeness (QED) is 0.703. The van der Waals surface area contributed by atoms with E-state index in [9.17, 15) is 4.79 Å². The Balaban J connectivity index is 0.00000261. The van der Waals surface area contributed by atoms with Crippen molar-refractivity contribution in [2.45, 2.75) is 39.0 Å². The van der Waals surface area contributed by atoms with Gasteiger partial charge in [0, 0.05) is 38.9 Å². The molecule has 1 aromatic heterocycles. The van der Waals surface area contributed by atoms with Crippen molar-refractivity contribution >= 4 is 24.2 Å². The summed E-state index contributed by atoms with van der Waals surface area (Å²) in [4.78, 5) is 21.4. The highest BCUT2D eigenvalue weighted by Crippen LogP contribution is 2.24. The first-order valence-electron chi connectivity index (χ1n) is 9.19. The van der Waals surface area contributed by atoms with Crippen LogP contribution >= 0.6 is 12.4 Å². The fourth-order valence-corrected chi connectivity index (χ4v) is 3.40. The fourth-order valence-electron chi connectivity index (χ4n) is 3.40. The lowest BCUT2D eigenvalue weighted by molar-refractivity contribution is 0.0378. The Morgan fingerprint density at radius 2 is 2.00 bits per heavy atom. The zero-order valence-electron chi connectivity index (χ0n) is 16.2. The smallest absolute Gasteiger partial charge is 0.342 e. The van der Waals surface area contributed by atoms with Crippen molar-refractivity contribution in [1.29, 1.82) is 0 Å². The number of rotatable bonds is 6. The van der Waals surface area contributed by atoms with Gasteiger partial charge in [-0.3, -0.25) is 4.90 Å². The highest BCUT2D eigenvalue weighted by atomic mass is 35.5. The van der Waals surface area contributed by atoms with Crippen molar-refractivity contribution in [3.63, 3.8) is 0 Å². The summed E-state index contributed by atoms with van der Waals surface area (Å²) in [5.74, 6) is 0.388. The highest BCUT2D eigenvalue weighted by molar-refractivity contribution is 5.94. The Morgan fingerprint density at radius 1 is 1.26 bits per heavy atom. The molecule has 0 amide bonds. The third-order valence-electron chi connectivity index (χ3n) is 4.73. The molecule has 2 heterocycles. The zero-order chi connectivity index (χ0) is 18.5. The lowest BCUT2D eigenvalue weighted by Gasteiger charge is -2.27. The van der Waals surface area contributed by atoms with E-state index >= 15 is 0 Å². The van der Waals surface area contributed by atoms with Gasteiger partial charge in [0.1, 0.15) is 11.4 Å². The van der Waals surface area contributed by atoms with E-state index in [-0.39, 0.29) is 24.5 Å². The molecule has 2 aromatic rings. The summed E-state index contributed by atoms with van der Waals surface area (Å²) in [6.07, 6.45) is 2.64. The van der Waals surface area contributed by atoms with E-state index in [0.717, 1.165) is 26.1 Å². The molecule has 0 bridgehead atoms. The van der Waals surface area contributed by atoms with Crippen LogP contribution in [0, 0.1) is 0 Å². The number of hydrogen-bond acceptors (Lipinski definition) is 5. The van der Waals surface area contributed by atoms with Crippen molar-refractivity contribution in [2.24, 2.45) is 0 Å². The second-order valence-corrected chi connectivity index (χ2v) is 7.10. The molecule has 6 heteroatoms. The monoisotopic (exact) mass is 389 g/mol. The maximum atomic E-state index is 12.4. The van der Waals surface area contributed by atoms with Gasteiger partial charge in [0.2, 0.25) is 0 Å². The molecule has 0 unspecified atom stereocenters. The van der Waals surface area contributed by atoms with E-state index in [1.165, 1.54) is 5.56 Å². The van der Waals surface area contributed by atoms with Crippen molar-refractivity contribution < 1.29 is 9.53 Å². The lowest BCUT2D eigenvalue weighted by Crippen LogP contribution is -2.36. The van der Waals surface area contributed by atoms with Crippen molar-refractivity contribution in [2.75, 3.05) is 25.0 Å². The molecule has 0 radical (unpaired) electrons. The van der Waals surface area contributed by atoms with E-state index < -0.39 is 0 Å². The number of likely N-dealkylation sites (tertiary alicyclic amines) is 1. The van der Waals surface area contributed by atoms with Crippen LogP contribution in [0.2, 0.25) is 0 Å². The van der Waals surface area contributed by atoms with Crippen LogP contribution in [0.5, 0.6) is 0 Å². The SMILES string of the molecule is CC(C)OC(=O)c1cccnc1N(C)[C@H]1CCN(Cc2ccccc2)C1.Cl. The minimum Gasteiger partial charge on any atom is -0.459 e. The predicted octanol–water partition coefficient (Wildman–Crippen LogP) is 3.78. The Kier molecular flexibility index (Phi) is 7.63. The molecule has 0 aliphatic carbocycles. The third-order valence-corrected chi connectivity index (χ3v) is 4.73. The van der Waals surface area contributed by atoms with E-state index in [2.05, 4.69) is 39.0 Å². The standard InChI is InChI=1S/C21H27N3O2.ClH/c1-16(2)26-21(25)19-10-7-12-22-20(19)23(3)18-11-13-24(15-18)14-17-8-5-4-6-9-17;/h4-10,12,16,18H,11,13-15H2,1-3H3;1H/t18-;/m0./s1. The minimum absolute atomic E-state index is 0. The van der Waals surface area contributed by atoms with Crippen molar-refractivity contribution in [3.05, 3.63) is 59.8 Å². The Bertz CT molecular complexity index is 739. The first kappa shape index (κ1) is 21.2. The summed E-state index contributed by atoms with van der Waals surface area (Å²) in [6.45, 7) is 6.67. The van der Waals surface area contributed by atoms with Gasteiger partial charge in [-0.15, -0.1) is 12.4 Å². The van der Waals surface area contributed by atoms with Gasteiger partial charge in [-0.25, -0.2) is 9.78 Å². The van der Waals surface area contributed by atoms with Crippen LogP contribution in [0.1, 0.15) is 36.2 Å². The molecule has 1 aliphatic heterocycles. The number of carbonyl (C=O) groups excluding carboxylic acids is 1. The zero-order valence-corrected chi connectivity index (χ0v) is 17.0. The summed E-state index contributed by atoms with van der Waals surface area (Å²) in [5, 5.41) is 0. The average Bonchev–Trinajstić information content (AvgIpc) is 3.10. The second-order valence-electron chi connectivity index (χ2n) is 7.10. The lowest BCUT2D eigenvalue weighted by atomic mass is 10.2. The fraction of sp³-hybridized carbons (Fsp3) is 0.429. The number of anilines is 1. The van der Waals surface area contributed by atoms with Crippen LogP contribution in [-0.2, 0) is 11.3 Å². The first-order chi connectivity index (χ1) is 12.5. The van der Waals surface area contributed by atoms with Gasteiger partial charge < -0.3 is 9.64 Å². The molecule has 1 atom stereocenters. The number of hydrogen-bond donors (Lipinski definition) is 0. The van der Waals surface area contributed by atoms with Crippen molar-refractivity contribution in [3.8, 4) is 0 Å². The van der Waals surface area contributed by atoms with Crippen LogP contribution in [0.4, 0.5) is 5.82 Å². The molecule has 1 aliphatic rings. The first-order valence-corrected chi connectivity index (χ1v) is 9.19. The number of carbonyl (C=O) groups is 1. The molecule has 1 saturated heterocycles. The van der Waals surface area contributed by atoms with Gasteiger partial charge in [-0.1, -0.05) is 30.3 Å². The van der Waals surface area contributed by atoms with Gasteiger partial charge in [0.05, 0.1) is 6.10 Å². The molecule has 0 spiro atoms. The summed E-state index contributed by atoms with van der Waals surface area (Å²) in [5.41, 5.74) is 1.86. The number of nitrogens with zero attached hydrogens (tertiary/aromatic N) is 3. The second kappa shape index (κ2) is 9.72. The summed E-state index contributed by atoms with van der Waals surface area (Å²) >= 11 is 0. The van der Waals surface area contributed by atoms with Crippen molar-refractivity contribution in [1.82, 2.24) is 9.88 Å². The molecule has 3 rings (SSSR count). The molecule has 1 aromatic carbocycles. The summed E-state index contributed by atoms with van der Waals surface area (Å²) < 4.78 is 5.37. The van der Waals surface area contributed by atoms with Gasteiger partial charge in [-0.05, 0) is 38.0 Å². The maximum absolute atomic E-state index is 12.4. The van der Waals surface area contributed by atoms with E-state index in [0.29, 0.717) is 17.4 Å². The average molecular weight is 390 g/mol. The molecular formula is C21H28ClN3O2. The maximum Gasteiger partial charge on any atom is 0.342 e. The van der Waals surface area contributed by atoms with Crippen LogP contribution in [0.3, 0.4) is 0 Å². The molecule has 5 nitrogen and oxygen atoms in total. The molecule has 1 fully saturated rings. The molecule has 146 valence electrons. The van der Waals surface area contributed by atoms with E-state index in [4.69, 9.17) is 4.74 Å². The summed E-state index contributed by atoms with van der Waals surface area (Å²) in [7, 11) is 2.02. The summed E-state index contributed by atoms with van der Waals surface area (Å²) in [6, 6.07) is 14.4. The Hall–Kier alpha value is -2.11. The van der Waals surface area contributed by atoms with Crippen LogP contribution in [0.15, 0.2) is 48.7 Å². The number of esters is 1. The number of pyridine rings is 1. The third kappa shape index (κ3) is 5.44. The van der Waals surface area contributed by atoms with Crippen LogP contribution in [-0.4, -0.2) is 48.1 Å². The van der Waals surface area contributed by atoms with Crippen LogP contribution in [0.25, 0.3) is 0 Å². The minimum atomic E-state index is -0.311. The topological polar surface area (TPSA) is 45.7 Å². The van der Waals surface area contributed by atoms with Gasteiger partial charge >= 0.3 is 5.97 Å². The van der Waals surface area contributed by atoms with E-state index in [1.54, 1.807) is 18.3 Å². The number of benzene rings is 1. The molecular weight excluding hydrogens is 362 g/mol. The number of likely N-dealkylation sites (N-methyl/N-ethyl adjacent to an activating group) is 1. The Morgan fingerprint density at radius 3 is 2.70 bits per heavy atom. The predicted molar refractivity (Wildman–Crippen MR) is 111 cm³/mol. The van der Waals surface area contributed by atoms with Gasteiger partial charge in [0.15, 0.2) is 0 Å². The molecule has 0 saturated carbocycles.